The van der Waals surface area contributed by atoms with Crippen molar-refractivity contribution >= 4 is 0 Å². The van der Waals surface area contributed by atoms with Gasteiger partial charge >= 0.3 is 21.7 Å². The van der Waals surface area contributed by atoms with E-state index >= 15 is 0 Å². The van der Waals surface area contributed by atoms with Crippen LogP contribution in [0.4, 0.5) is 0 Å². The van der Waals surface area contributed by atoms with Gasteiger partial charge in [0, 0.05) is 19.5 Å². The third kappa shape index (κ3) is 10.5. The first kappa shape index (κ1) is 60.3. The van der Waals surface area contributed by atoms with Crippen molar-refractivity contribution in [3.05, 3.63) is 0 Å². The van der Waals surface area contributed by atoms with Crippen LogP contribution in [0, 0.1) is 0 Å². The first-order valence-electron chi connectivity index (χ1n) is 0. The van der Waals surface area contributed by atoms with Crippen molar-refractivity contribution in [3.63, 3.8) is 0 Å². The summed E-state index contributed by atoms with van der Waals surface area (Å²) in [6, 6.07) is 0. The van der Waals surface area contributed by atoms with Crippen LogP contribution in [0.2, 0.25) is 0 Å². The second-order valence-electron chi connectivity index (χ2n) is 0. The van der Waals surface area contributed by atoms with Crippen molar-refractivity contribution in [2.45, 2.75) is 0 Å². The Labute approximate surface area is 52.2 Å². The Morgan fingerprint density at radius 3 is 0.750 bits per heavy atom. The number of hydrogen-bond acceptors (Lipinski definition) is 0. The Bertz CT molecular complexity index is 6.00. The molecule has 0 aliphatic heterocycles. The molecule has 0 saturated carbocycles. The van der Waals surface area contributed by atoms with Gasteiger partial charge in [-0.15, -0.1) is 0 Å². The predicted molar refractivity (Wildman–Crippen MR) is 1.37 cm³/mol. The molecule has 24 valence electrons. The van der Waals surface area contributed by atoms with Crippen molar-refractivity contribution < 1.29 is 52.1 Å². The van der Waals surface area contributed by atoms with E-state index in [4.69, 9.17) is 0 Å². The summed E-state index contributed by atoms with van der Waals surface area (Å²) in [6.45, 7) is 0. The molecule has 2 nitrogen and oxygen atoms in total. The van der Waals surface area contributed by atoms with Crippen LogP contribution in [0.3, 0.4) is 0 Å². The zero-order chi connectivity index (χ0) is 0. The van der Waals surface area contributed by atoms with Crippen LogP contribution >= 0.6 is 0 Å². The smallest absolute Gasteiger partial charge is 2.00 e. The summed E-state index contributed by atoms with van der Waals surface area (Å²) in [7, 11) is 0. The van der Waals surface area contributed by atoms with Gasteiger partial charge in [0.2, 0.25) is 0 Å². The van der Waals surface area contributed by atoms with E-state index < -0.39 is 0 Å². The molecule has 0 saturated heterocycles. The first-order chi connectivity index (χ1) is 0. The van der Waals surface area contributed by atoms with E-state index in [1.54, 1.807) is 0 Å². The van der Waals surface area contributed by atoms with Crippen molar-refractivity contribution in [1.82, 2.24) is 0 Å². The van der Waals surface area contributed by atoms with Crippen LogP contribution in [0.25, 0.3) is 0 Å². The zero-order valence-corrected chi connectivity index (χ0v) is 4.97. The molecule has 0 aliphatic rings. The molecule has 0 fully saturated rings. The minimum Gasteiger partial charge on any atom is -2.00 e. The molecule has 0 N–H and O–H groups in total. The van der Waals surface area contributed by atoms with Gasteiger partial charge in [0.25, 0.3) is 0 Å². The minimum atomic E-state index is 0. The van der Waals surface area contributed by atoms with E-state index in [0.717, 1.165) is 0 Å². The van der Waals surface area contributed by atoms with Gasteiger partial charge in [-0.25, -0.2) is 0 Å². The van der Waals surface area contributed by atoms with Crippen molar-refractivity contribution in [1.29, 1.82) is 0 Å². The Kier molecular flexibility index (Phi) is 430. The molecule has 0 unspecified atom stereocenters. The molecule has 0 bridgehead atoms. The largest absolute Gasteiger partial charge is 4.00 e. The zero-order valence-electron chi connectivity index (χ0n) is 1.67. The molecule has 0 atom stereocenters. The summed E-state index contributed by atoms with van der Waals surface area (Å²) < 4.78 is 0. The molecule has 0 heterocycles. The predicted octanol–water partition coefficient (Wildman–Crippen LogP) is -0.243. The molecule has 0 spiro atoms. The van der Waals surface area contributed by atoms with Crippen LogP contribution in [0.5, 0.6) is 0 Å². The SMILES string of the molecule is [O-2].[O-2].[Ru].[Ti+4]. The summed E-state index contributed by atoms with van der Waals surface area (Å²) in [4.78, 5) is 0. The summed E-state index contributed by atoms with van der Waals surface area (Å²) in [5, 5.41) is 0. The summed E-state index contributed by atoms with van der Waals surface area (Å²) in [5.74, 6) is 0. The molecule has 0 aromatic heterocycles. The minimum absolute atomic E-state index is 0. The van der Waals surface area contributed by atoms with Crippen LogP contribution < -0.4 is 0 Å². The van der Waals surface area contributed by atoms with Crippen LogP contribution in [-0.2, 0) is 52.1 Å². The topological polar surface area (TPSA) is 57.0 Å². The Hall–Kier alpha value is 1.26. The van der Waals surface area contributed by atoms with Gasteiger partial charge in [-0.1, -0.05) is 0 Å². The van der Waals surface area contributed by atoms with Crippen LogP contribution in [-0.4, -0.2) is 0 Å². The van der Waals surface area contributed by atoms with Crippen molar-refractivity contribution in [2.24, 2.45) is 0 Å². The maximum atomic E-state index is 0. The van der Waals surface area contributed by atoms with Crippen LogP contribution in [0.1, 0.15) is 0 Å². The maximum absolute atomic E-state index is 0. The van der Waals surface area contributed by atoms with E-state index in [2.05, 4.69) is 0 Å². The molecule has 4 heavy (non-hydrogen) atoms. The second-order valence-corrected chi connectivity index (χ2v) is 0. The van der Waals surface area contributed by atoms with Gasteiger partial charge < -0.3 is 11.0 Å². The molecule has 0 rings (SSSR count). The van der Waals surface area contributed by atoms with E-state index in [1.165, 1.54) is 0 Å². The summed E-state index contributed by atoms with van der Waals surface area (Å²) >= 11 is 0. The van der Waals surface area contributed by atoms with Gasteiger partial charge in [0.15, 0.2) is 0 Å². The number of hydrogen-bond donors (Lipinski definition) is 0. The maximum Gasteiger partial charge on any atom is 4.00 e. The summed E-state index contributed by atoms with van der Waals surface area (Å²) in [5.41, 5.74) is 0. The van der Waals surface area contributed by atoms with Crippen LogP contribution in [0.15, 0.2) is 0 Å². The standard InChI is InChI=1S/2O.Ru.Ti/q2*-2;;+4. The van der Waals surface area contributed by atoms with Gasteiger partial charge in [-0.05, 0) is 0 Å². The monoisotopic (exact) mass is 182 g/mol. The van der Waals surface area contributed by atoms with E-state index in [9.17, 15) is 0 Å². The van der Waals surface area contributed by atoms with Gasteiger partial charge in [0.05, 0.1) is 0 Å². The third-order valence-corrected chi connectivity index (χ3v) is 0. The Morgan fingerprint density at radius 1 is 0.750 bits per heavy atom. The van der Waals surface area contributed by atoms with Gasteiger partial charge in [0.1, 0.15) is 0 Å². The molecule has 0 aliphatic carbocycles. The molecule has 0 aromatic rings. The average Bonchev–Trinajstić information content (AvgIpc) is 0. The normalized spacial score (nSPS) is 0. The first-order valence-corrected chi connectivity index (χ1v) is 0. The Balaban J connectivity index is 0. The number of rotatable bonds is 0. The average molecular weight is 181 g/mol. The third-order valence-electron chi connectivity index (χ3n) is 0. The van der Waals surface area contributed by atoms with E-state index in [-0.39, 0.29) is 52.1 Å². The molecule has 4 heteroatoms. The van der Waals surface area contributed by atoms with Crippen molar-refractivity contribution in [3.8, 4) is 0 Å². The molecular formula is O2RuTi. The van der Waals surface area contributed by atoms with Gasteiger partial charge in [-0.3, -0.25) is 0 Å². The molecule has 0 aromatic carbocycles. The quantitative estimate of drug-likeness (QED) is 0.463. The van der Waals surface area contributed by atoms with Crippen molar-refractivity contribution in [2.75, 3.05) is 0 Å². The second kappa shape index (κ2) is 28.6. The molecule has 0 amide bonds. The van der Waals surface area contributed by atoms with Gasteiger partial charge in [-0.2, -0.15) is 0 Å². The van der Waals surface area contributed by atoms with E-state index in [1.807, 2.05) is 0 Å². The molecular weight excluding hydrogens is 181 g/mol. The summed E-state index contributed by atoms with van der Waals surface area (Å²) in [6.07, 6.45) is 0. The Morgan fingerprint density at radius 2 is 0.750 bits per heavy atom. The fourth-order valence-electron chi connectivity index (χ4n) is 0. The fraction of sp³-hybridized carbons (Fsp3) is 0. The van der Waals surface area contributed by atoms with E-state index in [0.29, 0.717) is 0 Å². The fourth-order valence-corrected chi connectivity index (χ4v) is 0. The molecule has 0 radical (unpaired) electrons.